The standard InChI is InChI=1S/C31H25N2/c1-18-15-29(32(4)17-20(18)3)26-16-27-21(14-19(26)2)12-13-25-24-10-7-9-23-22-8-5-6-11-28(22)33(30(23)24)31(25)27/h5-17H,1-4H3/q+1/i1D3,3D3. The van der Waals surface area contributed by atoms with E-state index in [2.05, 4.69) is 71.1 Å². The van der Waals surface area contributed by atoms with Gasteiger partial charge >= 0.3 is 0 Å². The third-order valence-corrected chi connectivity index (χ3v) is 7.09. The first-order chi connectivity index (χ1) is 18.4. The number of rotatable bonds is 1. The molecule has 7 rings (SSSR count). The maximum absolute atomic E-state index is 8.08. The molecule has 33 heavy (non-hydrogen) atoms. The number of hydrogen-bond acceptors (Lipinski definition) is 0. The lowest BCUT2D eigenvalue weighted by Crippen LogP contribution is -2.31. The summed E-state index contributed by atoms with van der Waals surface area (Å²) in [5.41, 5.74) is 5.66. The van der Waals surface area contributed by atoms with E-state index >= 15 is 0 Å². The number of benzene rings is 4. The summed E-state index contributed by atoms with van der Waals surface area (Å²) in [6.07, 6.45) is 1.45. The number of hydrogen-bond donors (Lipinski definition) is 0. The maximum Gasteiger partial charge on any atom is 0.212 e. The molecule has 0 saturated carbocycles. The molecule has 0 saturated heterocycles. The molecule has 0 spiro atoms. The van der Waals surface area contributed by atoms with Crippen LogP contribution in [0.3, 0.4) is 0 Å². The number of pyridine rings is 1. The van der Waals surface area contributed by atoms with E-state index < -0.39 is 13.7 Å². The number of fused-ring (bicyclic) bond motifs is 8. The first-order valence-corrected chi connectivity index (χ1v) is 11.1. The third-order valence-electron chi connectivity index (χ3n) is 7.09. The second kappa shape index (κ2) is 6.32. The first-order valence-electron chi connectivity index (χ1n) is 14.1. The van der Waals surface area contributed by atoms with Gasteiger partial charge in [0.25, 0.3) is 0 Å². The summed E-state index contributed by atoms with van der Waals surface area (Å²) in [6, 6.07) is 25.0. The Morgan fingerprint density at radius 1 is 0.697 bits per heavy atom. The van der Waals surface area contributed by atoms with Crippen LogP contribution in [0, 0.1) is 20.6 Å². The van der Waals surface area contributed by atoms with Crippen LogP contribution in [0.15, 0.2) is 79.0 Å². The van der Waals surface area contributed by atoms with Gasteiger partial charge in [0.1, 0.15) is 7.05 Å². The molecule has 3 heterocycles. The highest BCUT2D eigenvalue weighted by molar-refractivity contribution is 6.27. The van der Waals surface area contributed by atoms with Gasteiger partial charge < -0.3 is 4.40 Å². The fraction of sp³-hybridized carbons (Fsp3) is 0.129. The van der Waals surface area contributed by atoms with Gasteiger partial charge in [-0.05, 0) is 49.3 Å². The van der Waals surface area contributed by atoms with Crippen LogP contribution in [-0.4, -0.2) is 4.40 Å². The van der Waals surface area contributed by atoms with Crippen molar-refractivity contribution in [3.8, 4) is 11.3 Å². The molecule has 0 aliphatic carbocycles. The molecule has 0 aliphatic heterocycles. The number of para-hydroxylation sites is 2. The highest BCUT2D eigenvalue weighted by Crippen LogP contribution is 2.42. The highest BCUT2D eigenvalue weighted by atomic mass is 14.9. The van der Waals surface area contributed by atoms with Gasteiger partial charge in [-0.3, -0.25) is 0 Å². The molecule has 2 heteroatoms. The van der Waals surface area contributed by atoms with Gasteiger partial charge in [0.2, 0.25) is 5.69 Å². The molecule has 158 valence electrons. The summed E-state index contributed by atoms with van der Waals surface area (Å²) in [4.78, 5) is 0. The largest absolute Gasteiger partial charge is 0.307 e. The highest BCUT2D eigenvalue weighted by Gasteiger charge is 2.21. The van der Waals surface area contributed by atoms with E-state index in [4.69, 9.17) is 8.22 Å². The minimum absolute atomic E-state index is 0.140. The molecule has 0 amide bonds. The van der Waals surface area contributed by atoms with Crippen LogP contribution in [0.5, 0.6) is 0 Å². The van der Waals surface area contributed by atoms with E-state index in [0.29, 0.717) is 5.69 Å². The van der Waals surface area contributed by atoms with E-state index in [-0.39, 0.29) is 11.1 Å². The predicted octanol–water partition coefficient (Wildman–Crippen LogP) is 7.41. The van der Waals surface area contributed by atoms with Crippen LogP contribution < -0.4 is 4.57 Å². The smallest absolute Gasteiger partial charge is 0.212 e. The Balaban J connectivity index is 1.62. The van der Waals surface area contributed by atoms with Crippen molar-refractivity contribution in [3.05, 3.63) is 95.7 Å². The summed E-state index contributed by atoms with van der Waals surface area (Å²) in [6.45, 7) is -3.09. The van der Waals surface area contributed by atoms with Crippen LogP contribution in [0.4, 0.5) is 0 Å². The Kier molecular flexibility index (Phi) is 2.61. The molecular weight excluding hydrogens is 400 g/mol. The molecule has 0 unspecified atom stereocenters. The van der Waals surface area contributed by atoms with Crippen LogP contribution in [0.1, 0.15) is 24.9 Å². The van der Waals surface area contributed by atoms with E-state index in [1.165, 1.54) is 33.9 Å². The number of aryl methyl sites for hydroxylation is 4. The zero-order valence-corrected chi connectivity index (χ0v) is 18.4. The topological polar surface area (TPSA) is 8.29 Å². The quantitative estimate of drug-likeness (QED) is 0.239. The van der Waals surface area contributed by atoms with Crippen molar-refractivity contribution in [2.24, 2.45) is 7.05 Å². The minimum Gasteiger partial charge on any atom is -0.307 e. The van der Waals surface area contributed by atoms with Crippen LogP contribution >= 0.6 is 0 Å². The lowest BCUT2D eigenvalue weighted by molar-refractivity contribution is -0.660. The van der Waals surface area contributed by atoms with Crippen molar-refractivity contribution < 1.29 is 12.8 Å². The zero-order valence-electron chi connectivity index (χ0n) is 24.4. The second-order valence-corrected chi connectivity index (χ2v) is 9.00. The van der Waals surface area contributed by atoms with Gasteiger partial charge in [0, 0.05) is 52.3 Å². The van der Waals surface area contributed by atoms with E-state index in [9.17, 15) is 0 Å². The molecule has 0 N–H and O–H groups in total. The van der Waals surface area contributed by atoms with Gasteiger partial charge in [-0.25, -0.2) is 4.57 Å². The summed E-state index contributed by atoms with van der Waals surface area (Å²) in [7, 11) is 1.77. The van der Waals surface area contributed by atoms with Crippen molar-refractivity contribution in [2.45, 2.75) is 20.6 Å². The minimum atomic E-state index is -2.56. The maximum atomic E-state index is 8.08. The van der Waals surface area contributed by atoms with E-state index in [0.717, 1.165) is 38.3 Å². The zero-order chi connectivity index (χ0) is 27.4. The Labute approximate surface area is 201 Å². The van der Waals surface area contributed by atoms with Gasteiger partial charge in [0.15, 0.2) is 6.20 Å². The molecule has 0 bridgehead atoms. The summed E-state index contributed by atoms with van der Waals surface area (Å²) < 4.78 is 52.1. The van der Waals surface area contributed by atoms with Crippen LogP contribution in [0.25, 0.3) is 60.1 Å². The molecule has 0 fully saturated rings. The van der Waals surface area contributed by atoms with Gasteiger partial charge in [0.05, 0.1) is 16.6 Å². The normalized spacial score (nSPS) is 15.7. The van der Waals surface area contributed by atoms with Crippen molar-refractivity contribution in [1.82, 2.24) is 4.40 Å². The van der Waals surface area contributed by atoms with Crippen molar-refractivity contribution >= 4 is 48.9 Å². The Morgan fingerprint density at radius 3 is 2.27 bits per heavy atom. The Bertz CT molecular complexity index is 2120. The fourth-order valence-electron chi connectivity index (χ4n) is 5.59. The van der Waals surface area contributed by atoms with E-state index in [1.54, 1.807) is 11.6 Å². The second-order valence-electron chi connectivity index (χ2n) is 9.00. The van der Waals surface area contributed by atoms with Gasteiger partial charge in [-0.2, -0.15) is 0 Å². The lowest BCUT2D eigenvalue weighted by atomic mass is 9.96. The first kappa shape index (κ1) is 13.6. The van der Waals surface area contributed by atoms with Crippen LogP contribution in [-0.2, 0) is 7.05 Å². The summed E-state index contributed by atoms with van der Waals surface area (Å²) in [5, 5.41) is 6.93. The molecule has 4 aromatic carbocycles. The van der Waals surface area contributed by atoms with E-state index in [1.807, 2.05) is 6.92 Å². The molecule has 0 aliphatic rings. The molecule has 3 aromatic heterocycles. The summed E-state index contributed by atoms with van der Waals surface area (Å²) in [5.74, 6) is 0. The third kappa shape index (κ3) is 2.36. The molecule has 0 radical (unpaired) electrons. The monoisotopic (exact) mass is 431 g/mol. The lowest BCUT2D eigenvalue weighted by Gasteiger charge is -2.10. The average molecular weight is 432 g/mol. The fourth-order valence-corrected chi connectivity index (χ4v) is 5.59. The molecule has 7 aromatic rings. The average Bonchev–Trinajstić information content (AvgIpc) is 3.39. The molecule has 2 nitrogen and oxygen atoms in total. The number of aromatic nitrogens is 2. The van der Waals surface area contributed by atoms with Gasteiger partial charge in [-0.1, -0.05) is 54.6 Å². The van der Waals surface area contributed by atoms with Crippen molar-refractivity contribution in [1.29, 1.82) is 0 Å². The SMILES string of the molecule is [2H]C([2H])([2H])c1cc(-c2cc3c(ccc4c5cccc6c7ccccc7n(c34)c65)cc2C)[n+](C)cc1C([2H])([2H])[2H]. The van der Waals surface area contributed by atoms with Crippen molar-refractivity contribution in [2.75, 3.05) is 0 Å². The molecule has 0 atom stereocenters. The Morgan fingerprint density at radius 2 is 1.42 bits per heavy atom. The van der Waals surface area contributed by atoms with Gasteiger partial charge in [-0.15, -0.1) is 0 Å². The predicted molar refractivity (Wildman–Crippen MR) is 139 cm³/mol. The van der Waals surface area contributed by atoms with Crippen LogP contribution in [0.2, 0.25) is 0 Å². The Hall–Kier alpha value is -3.91. The number of nitrogens with zero attached hydrogens (tertiary/aromatic N) is 2. The van der Waals surface area contributed by atoms with Crippen molar-refractivity contribution in [3.63, 3.8) is 0 Å². The molecular formula is C31H25N2+. The summed E-state index contributed by atoms with van der Waals surface area (Å²) >= 11 is 0.